The largest absolute Gasteiger partial charge is 0.323 e. The molecule has 3 aromatic rings. The van der Waals surface area contributed by atoms with E-state index in [2.05, 4.69) is 15.4 Å². The van der Waals surface area contributed by atoms with Crippen molar-refractivity contribution in [2.75, 3.05) is 5.32 Å². The molecule has 0 saturated heterocycles. The molecule has 104 valence electrons. The first-order chi connectivity index (χ1) is 10.3. The highest BCUT2D eigenvalue weighted by atomic mass is 16.2. The number of aromatic nitrogens is 3. The van der Waals surface area contributed by atoms with Crippen LogP contribution >= 0.6 is 0 Å². The van der Waals surface area contributed by atoms with Crippen LogP contribution in [0.2, 0.25) is 0 Å². The van der Waals surface area contributed by atoms with Gasteiger partial charge in [0.2, 0.25) is 5.91 Å². The van der Waals surface area contributed by atoms with Gasteiger partial charge in [0.1, 0.15) is 0 Å². The first-order valence-electron chi connectivity index (χ1n) is 6.94. The number of amides is 1. The quantitative estimate of drug-likeness (QED) is 0.800. The fraction of sp³-hybridized carbons (Fsp3) is 0.188. The van der Waals surface area contributed by atoms with E-state index in [4.69, 9.17) is 0 Å². The molecule has 5 heteroatoms. The Morgan fingerprint density at radius 3 is 2.71 bits per heavy atom. The van der Waals surface area contributed by atoms with Crippen LogP contribution in [0.25, 0.3) is 5.52 Å². The highest BCUT2D eigenvalue weighted by Crippen LogP contribution is 2.48. The Labute approximate surface area is 121 Å². The molecular formula is C16H14N4O. The summed E-state index contributed by atoms with van der Waals surface area (Å²) in [6.45, 7) is 0. The molecule has 1 aliphatic carbocycles. The molecular weight excluding hydrogens is 264 g/mol. The van der Waals surface area contributed by atoms with Crippen LogP contribution in [-0.2, 0) is 10.2 Å². The van der Waals surface area contributed by atoms with Gasteiger partial charge in [-0.1, -0.05) is 0 Å². The molecule has 0 radical (unpaired) electrons. The zero-order valence-corrected chi connectivity index (χ0v) is 11.4. The van der Waals surface area contributed by atoms with E-state index in [0.29, 0.717) is 0 Å². The second kappa shape index (κ2) is 4.41. The highest BCUT2D eigenvalue weighted by Gasteiger charge is 2.51. The Balaban J connectivity index is 1.66. The minimum Gasteiger partial charge on any atom is -0.323 e. The molecule has 3 heterocycles. The van der Waals surface area contributed by atoms with Gasteiger partial charge < -0.3 is 5.32 Å². The Kier molecular flexibility index (Phi) is 2.54. The van der Waals surface area contributed by atoms with Crippen LogP contribution in [0.1, 0.15) is 18.4 Å². The zero-order valence-electron chi connectivity index (χ0n) is 11.4. The summed E-state index contributed by atoms with van der Waals surface area (Å²) in [5, 5.41) is 7.23. The monoisotopic (exact) mass is 278 g/mol. The summed E-state index contributed by atoms with van der Waals surface area (Å²) < 4.78 is 1.75. The molecule has 0 unspecified atom stereocenters. The van der Waals surface area contributed by atoms with Crippen molar-refractivity contribution < 1.29 is 4.79 Å². The molecule has 21 heavy (non-hydrogen) atoms. The van der Waals surface area contributed by atoms with Crippen molar-refractivity contribution in [3.05, 3.63) is 60.7 Å². The van der Waals surface area contributed by atoms with Gasteiger partial charge in [0.25, 0.3) is 0 Å². The van der Waals surface area contributed by atoms with Gasteiger partial charge in [-0.2, -0.15) is 5.10 Å². The summed E-state index contributed by atoms with van der Waals surface area (Å²) in [6, 6.07) is 9.51. The van der Waals surface area contributed by atoms with Crippen molar-refractivity contribution in [1.29, 1.82) is 0 Å². The summed E-state index contributed by atoms with van der Waals surface area (Å²) in [5.41, 5.74) is 2.34. The molecule has 0 bridgehead atoms. The van der Waals surface area contributed by atoms with E-state index in [0.717, 1.165) is 29.6 Å². The van der Waals surface area contributed by atoms with Gasteiger partial charge in [-0.05, 0) is 48.7 Å². The number of nitrogens with zero attached hydrogens (tertiary/aromatic N) is 3. The summed E-state index contributed by atoms with van der Waals surface area (Å²) in [6.07, 6.45) is 8.82. The normalized spacial score (nSPS) is 15.8. The van der Waals surface area contributed by atoms with E-state index in [-0.39, 0.29) is 5.91 Å². The zero-order chi connectivity index (χ0) is 14.3. The minimum atomic E-state index is -0.393. The third-order valence-electron chi connectivity index (χ3n) is 4.10. The second-order valence-electron chi connectivity index (χ2n) is 5.36. The van der Waals surface area contributed by atoms with Crippen LogP contribution in [0.4, 0.5) is 5.69 Å². The SMILES string of the molecule is O=C(Nc1cccn2nccc12)C1(c2ccncc2)CC1. The van der Waals surface area contributed by atoms with Crippen molar-refractivity contribution in [2.24, 2.45) is 0 Å². The molecule has 0 spiro atoms. The lowest BCUT2D eigenvalue weighted by Crippen LogP contribution is -2.28. The summed E-state index contributed by atoms with van der Waals surface area (Å²) >= 11 is 0. The van der Waals surface area contributed by atoms with Crippen LogP contribution in [0, 0.1) is 0 Å². The first-order valence-corrected chi connectivity index (χ1v) is 6.94. The number of carbonyl (C=O) groups is 1. The van der Waals surface area contributed by atoms with Crippen molar-refractivity contribution in [1.82, 2.24) is 14.6 Å². The Bertz CT molecular complexity index is 805. The maximum absolute atomic E-state index is 12.7. The van der Waals surface area contributed by atoms with Gasteiger partial charge in [0.15, 0.2) is 0 Å². The van der Waals surface area contributed by atoms with Crippen molar-refractivity contribution in [3.8, 4) is 0 Å². The molecule has 1 saturated carbocycles. The Hall–Kier alpha value is -2.69. The van der Waals surface area contributed by atoms with Gasteiger partial charge in [0, 0.05) is 18.6 Å². The van der Waals surface area contributed by atoms with Crippen LogP contribution in [-0.4, -0.2) is 20.5 Å². The molecule has 3 aromatic heterocycles. The molecule has 4 rings (SSSR count). The average Bonchev–Trinajstić information content (AvgIpc) is 3.20. The van der Waals surface area contributed by atoms with Crippen molar-refractivity contribution in [2.45, 2.75) is 18.3 Å². The summed E-state index contributed by atoms with van der Waals surface area (Å²) in [4.78, 5) is 16.7. The number of rotatable bonds is 3. The summed E-state index contributed by atoms with van der Waals surface area (Å²) in [7, 11) is 0. The third kappa shape index (κ3) is 1.89. The lowest BCUT2D eigenvalue weighted by molar-refractivity contribution is -0.118. The second-order valence-corrected chi connectivity index (χ2v) is 5.36. The topological polar surface area (TPSA) is 59.3 Å². The molecule has 1 aliphatic rings. The summed E-state index contributed by atoms with van der Waals surface area (Å²) in [5.74, 6) is 0.0444. The number of hydrogen-bond acceptors (Lipinski definition) is 3. The number of carbonyl (C=O) groups excluding carboxylic acids is 1. The predicted molar refractivity (Wildman–Crippen MR) is 79.0 cm³/mol. The molecule has 1 amide bonds. The molecule has 5 nitrogen and oxygen atoms in total. The number of anilines is 1. The Morgan fingerprint density at radius 2 is 1.95 bits per heavy atom. The van der Waals surface area contributed by atoms with Crippen LogP contribution < -0.4 is 5.32 Å². The maximum atomic E-state index is 12.7. The minimum absolute atomic E-state index is 0.0444. The lowest BCUT2D eigenvalue weighted by Gasteiger charge is -2.16. The molecule has 1 N–H and O–H groups in total. The average molecular weight is 278 g/mol. The van der Waals surface area contributed by atoms with Crippen LogP contribution in [0.3, 0.4) is 0 Å². The number of fused-ring (bicyclic) bond motifs is 1. The van der Waals surface area contributed by atoms with Gasteiger partial charge >= 0.3 is 0 Å². The van der Waals surface area contributed by atoms with Gasteiger partial charge in [-0.25, -0.2) is 4.52 Å². The lowest BCUT2D eigenvalue weighted by atomic mass is 9.96. The predicted octanol–water partition coefficient (Wildman–Crippen LogP) is 2.40. The molecule has 0 aliphatic heterocycles. The van der Waals surface area contributed by atoms with E-state index in [1.165, 1.54) is 0 Å². The van der Waals surface area contributed by atoms with Crippen molar-refractivity contribution in [3.63, 3.8) is 0 Å². The van der Waals surface area contributed by atoms with E-state index >= 15 is 0 Å². The van der Waals surface area contributed by atoms with Crippen LogP contribution in [0.5, 0.6) is 0 Å². The fourth-order valence-electron chi connectivity index (χ4n) is 2.74. The highest BCUT2D eigenvalue weighted by molar-refractivity contribution is 6.03. The first kappa shape index (κ1) is 12.1. The van der Waals surface area contributed by atoms with E-state index in [9.17, 15) is 4.79 Å². The number of pyridine rings is 2. The smallest absolute Gasteiger partial charge is 0.235 e. The van der Waals surface area contributed by atoms with E-state index in [1.54, 1.807) is 23.1 Å². The van der Waals surface area contributed by atoms with E-state index < -0.39 is 5.41 Å². The molecule has 1 fully saturated rings. The number of hydrogen-bond donors (Lipinski definition) is 1. The van der Waals surface area contributed by atoms with E-state index in [1.807, 2.05) is 36.5 Å². The van der Waals surface area contributed by atoms with Gasteiger partial charge in [-0.15, -0.1) is 0 Å². The van der Waals surface area contributed by atoms with Crippen molar-refractivity contribution >= 4 is 17.1 Å². The van der Waals surface area contributed by atoms with Gasteiger partial charge in [-0.3, -0.25) is 9.78 Å². The number of nitrogens with one attached hydrogen (secondary N) is 1. The fourth-order valence-corrected chi connectivity index (χ4v) is 2.74. The standard InChI is InChI=1S/C16H14N4O/c21-15(16(6-7-16)12-3-8-17-9-4-12)19-13-2-1-11-20-14(13)5-10-18-20/h1-5,8-11H,6-7H2,(H,19,21). The molecule has 0 atom stereocenters. The maximum Gasteiger partial charge on any atom is 0.235 e. The van der Waals surface area contributed by atoms with Gasteiger partial charge in [0.05, 0.1) is 22.8 Å². The van der Waals surface area contributed by atoms with Crippen LogP contribution in [0.15, 0.2) is 55.1 Å². The third-order valence-corrected chi connectivity index (χ3v) is 4.10. The Morgan fingerprint density at radius 1 is 1.14 bits per heavy atom. The molecule has 0 aromatic carbocycles.